The molecule has 1 aromatic carbocycles. The number of thiazole rings is 1. The molecule has 0 bridgehead atoms. The standard InChI is InChI=1S/C17H18N4O2S/c1-11(2)21-15(8-9-18-21)20-16(22)14-10-24-17(19-14)12-4-6-13(23-3)7-5-12/h4-11H,1-3H3,(H,20,22). The van der Waals surface area contributed by atoms with E-state index in [-0.39, 0.29) is 11.9 Å². The van der Waals surface area contributed by atoms with Crippen LogP contribution in [0.2, 0.25) is 0 Å². The van der Waals surface area contributed by atoms with Gasteiger partial charge >= 0.3 is 0 Å². The van der Waals surface area contributed by atoms with Crippen molar-refractivity contribution in [2.75, 3.05) is 12.4 Å². The van der Waals surface area contributed by atoms with E-state index in [0.29, 0.717) is 11.5 Å². The highest BCUT2D eigenvalue weighted by molar-refractivity contribution is 7.13. The van der Waals surface area contributed by atoms with Gasteiger partial charge in [0.25, 0.3) is 5.91 Å². The van der Waals surface area contributed by atoms with Crippen LogP contribution < -0.4 is 10.1 Å². The van der Waals surface area contributed by atoms with E-state index in [9.17, 15) is 4.79 Å². The second-order valence-electron chi connectivity index (χ2n) is 5.48. The molecular weight excluding hydrogens is 324 g/mol. The van der Waals surface area contributed by atoms with E-state index < -0.39 is 0 Å². The van der Waals surface area contributed by atoms with E-state index in [4.69, 9.17) is 4.74 Å². The smallest absolute Gasteiger partial charge is 0.276 e. The van der Waals surface area contributed by atoms with E-state index in [1.165, 1.54) is 11.3 Å². The number of nitrogens with one attached hydrogen (secondary N) is 1. The zero-order valence-electron chi connectivity index (χ0n) is 13.7. The van der Waals surface area contributed by atoms with E-state index in [1.807, 2.05) is 38.1 Å². The molecule has 0 radical (unpaired) electrons. The van der Waals surface area contributed by atoms with Gasteiger partial charge in [0, 0.05) is 23.1 Å². The van der Waals surface area contributed by atoms with Crippen LogP contribution in [-0.4, -0.2) is 27.8 Å². The molecule has 0 saturated heterocycles. The Balaban J connectivity index is 1.77. The van der Waals surface area contributed by atoms with Gasteiger partial charge in [0.05, 0.1) is 13.3 Å². The summed E-state index contributed by atoms with van der Waals surface area (Å²) < 4.78 is 6.91. The fourth-order valence-electron chi connectivity index (χ4n) is 2.25. The molecule has 0 atom stereocenters. The fourth-order valence-corrected chi connectivity index (χ4v) is 3.06. The van der Waals surface area contributed by atoms with E-state index >= 15 is 0 Å². The van der Waals surface area contributed by atoms with Crippen LogP contribution in [0, 0.1) is 0 Å². The maximum atomic E-state index is 12.4. The maximum Gasteiger partial charge on any atom is 0.276 e. The van der Waals surface area contributed by atoms with Crippen molar-refractivity contribution in [3.63, 3.8) is 0 Å². The molecule has 124 valence electrons. The summed E-state index contributed by atoms with van der Waals surface area (Å²) in [6, 6.07) is 9.53. The van der Waals surface area contributed by atoms with Crippen molar-refractivity contribution in [3.05, 3.63) is 47.6 Å². The van der Waals surface area contributed by atoms with E-state index in [2.05, 4.69) is 15.4 Å². The summed E-state index contributed by atoms with van der Waals surface area (Å²) in [7, 11) is 1.63. The highest BCUT2D eigenvalue weighted by Crippen LogP contribution is 2.26. The third-order valence-corrected chi connectivity index (χ3v) is 4.37. The number of ether oxygens (including phenoxy) is 1. The molecule has 0 saturated carbocycles. The third-order valence-electron chi connectivity index (χ3n) is 3.47. The lowest BCUT2D eigenvalue weighted by molar-refractivity contribution is 0.102. The summed E-state index contributed by atoms with van der Waals surface area (Å²) in [6.45, 7) is 4.01. The first-order valence-corrected chi connectivity index (χ1v) is 8.41. The van der Waals surface area contributed by atoms with E-state index in [0.717, 1.165) is 16.3 Å². The fraction of sp³-hybridized carbons (Fsp3) is 0.235. The average molecular weight is 342 g/mol. The van der Waals surface area contributed by atoms with Crippen LogP contribution in [0.25, 0.3) is 10.6 Å². The molecule has 24 heavy (non-hydrogen) atoms. The van der Waals surface area contributed by atoms with Gasteiger partial charge in [-0.05, 0) is 38.1 Å². The molecule has 0 fully saturated rings. The number of carbonyl (C=O) groups is 1. The van der Waals surface area contributed by atoms with Crippen LogP contribution in [0.5, 0.6) is 5.75 Å². The molecule has 0 aliphatic rings. The zero-order valence-corrected chi connectivity index (χ0v) is 14.5. The molecule has 6 nitrogen and oxygen atoms in total. The number of nitrogens with zero attached hydrogens (tertiary/aromatic N) is 3. The third kappa shape index (κ3) is 3.30. The van der Waals surface area contributed by atoms with Crippen LogP contribution in [0.4, 0.5) is 5.82 Å². The molecule has 3 aromatic rings. The SMILES string of the molecule is COc1ccc(-c2nc(C(=O)Nc3ccnn3C(C)C)cs2)cc1. The Bertz CT molecular complexity index is 836. The minimum absolute atomic E-state index is 0.167. The highest BCUT2D eigenvalue weighted by Gasteiger charge is 2.15. The Morgan fingerprint density at radius 3 is 2.67 bits per heavy atom. The molecule has 7 heteroatoms. The minimum Gasteiger partial charge on any atom is -0.497 e. The Kier molecular flexibility index (Phi) is 4.61. The van der Waals surface area contributed by atoms with Crippen LogP contribution in [0.1, 0.15) is 30.4 Å². The largest absolute Gasteiger partial charge is 0.497 e. The minimum atomic E-state index is -0.242. The lowest BCUT2D eigenvalue weighted by Gasteiger charge is -2.10. The number of anilines is 1. The highest BCUT2D eigenvalue weighted by atomic mass is 32.1. The van der Waals surface area contributed by atoms with Gasteiger partial charge in [-0.3, -0.25) is 4.79 Å². The number of carbonyl (C=O) groups excluding carboxylic acids is 1. The lowest BCUT2D eigenvalue weighted by Crippen LogP contribution is -2.17. The van der Waals surface area contributed by atoms with Gasteiger partial charge < -0.3 is 10.1 Å². The van der Waals surface area contributed by atoms with Gasteiger partial charge in [0.1, 0.15) is 22.3 Å². The Morgan fingerprint density at radius 2 is 2.00 bits per heavy atom. The van der Waals surface area contributed by atoms with Crippen molar-refractivity contribution in [3.8, 4) is 16.3 Å². The molecule has 0 spiro atoms. The monoisotopic (exact) mass is 342 g/mol. The number of hydrogen-bond acceptors (Lipinski definition) is 5. The Labute approximate surface area is 144 Å². The predicted molar refractivity (Wildman–Crippen MR) is 94.7 cm³/mol. The van der Waals surface area contributed by atoms with Gasteiger partial charge in [-0.2, -0.15) is 5.10 Å². The lowest BCUT2D eigenvalue weighted by atomic mass is 10.2. The second-order valence-corrected chi connectivity index (χ2v) is 6.33. The molecule has 0 unspecified atom stereocenters. The maximum absolute atomic E-state index is 12.4. The summed E-state index contributed by atoms with van der Waals surface area (Å²) in [5, 5.41) is 9.61. The first-order valence-electron chi connectivity index (χ1n) is 7.53. The number of amides is 1. The van der Waals surface area contributed by atoms with Gasteiger partial charge in [-0.15, -0.1) is 11.3 Å². The summed E-state index contributed by atoms with van der Waals surface area (Å²) in [4.78, 5) is 16.8. The summed E-state index contributed by atoms with van der Waals surface area (Å²) >= 11 is 1.43. The van der Waals surface area contributed by atoms with Crippen molar-refractivity contribution in [2.24, 2.45) is 0 Å². The molecule has 1 N–H and O–H groups in total. The van der Waals surface area contributed by atoms with Crippen molar-refractivity contribution in [2.45, 2.75) is 19.9 Å². The molecular formula is C17H18N4O2S. The predicted octanol–water partition coefficient (Wildman–Crippen LogP) is 3.85. The molecule has 2 aromatic heterocycles. The Morgan fingerprint density at radius 1 is 1.25 bits per heavy atom. The number of rotatable bonds is 5. The van der Waals surface area contributed by atoms with Crippen LogP contribution in [-0.2, 0) is 0 Å². The van der Waals surface area contributed by atoms with Crippen molar-refractivity contribution < 1.29 is 9.53 Å². The van der Waals surface area contributed by atoms with Gasteiger partial charge in [0.2, 0.25) is 0 Å². The molecule has 3 rings (SSSR count). The van der Waals surface area contributed by atoms with Crippen LogP contribution in [0.3, 0.4) is 0 Å². The number of aromatic nitrogens is 3. The van der Waals surface area contributed by atoms with Crippen molar-refractivity contribution in [1.29, 1.82) is 0 Å². The zero-order chi connectivity index (χ0) is 17.1. The molecule has 0 aliphatic heterocycles. The quantitative estimate of drug-likeness (QED) is 0.765. The molecule has 1 amide bonds. The summed E-state index contributed by atoms with van der Waals surface area (Å²) in [6.07, 6.45) is 1.67. The second kappa shape index (κ2) is 6.84. The Hall–Kier alpha value is -2.67. The van der Waals surface area contributed by atoms with Gasteiger partial charge in [-0.25, -0.2) is 9.67 Å². The van der Waals surface area contributed by atoms with Gasteiger partial charge in [0.15, 0.2) is 0 Å². The summed E-state index contributed by atoms with van der Waals surface area (Å²) in [5.74, 6) is 1.21. The van der Waals surface area contributed by atoms with E-state index in [1.54, 1.807) is 29.4 Å². The number of hydrogen-bond donors (Lipinski definition) is 1. The van der Waals surface area contributed by atoms with Crippen LogP contribution >= 0.6 is 11.3 Å². The topological polar surface area (TPSA) is 69.0 Å². The number of benzene rings is 1. The van der Waals surface area contributed by atoms with Gasteiger partial charge in [-0.1, -0.05) is 0 Å². The normalized spacial score (nSPS) is 10.8. The molecule has 0 aliphatic carbocycles. The van der Waals surface area contributed by atoms with Crippen LogP contribution in [0.15, 0.2) is 41.9 Å². The number of methoxy groups -OCH3 is 1. The summed E-state index contributed by atoms with van der Waals surface area (Å²) in [5.41, 5.74) is 1.34. The molecule has 2 heterocycles. The average Bonchev–Trinajstić information content (AvgIpc) is 3.24. The first kappa shape index (κ1) is 16.2. The first-order chi connectivity index (χ1) is 11.6. The van der Waals surface area contributed by atoms with Crippen molar-refractivity contribution in [1.82, 2.24) is 14.8 Å². The van der Waals surface area contributed by atoms with Crippen molar-refractivity contribution >= 4 is 23.1 Å².